The van der Waals surface area contributed by atoms with Crippen LogP contribution in [0.3, 0.4) is 0 Å². The van der Waals surface area contributed by atoms with Gasteiger partial charge < -0.3 is 19.8 Å². The second-order valence-corrected chi connectivity index (χ2v) is 6.37. The molecule has 1 amide bonds. The first-order valence-electron chi connectivity index (χ1n) is 9.11. The molecule has 0 atom stereocenters. The van der Waals surface area contributed by atoms with Crippen molar-refractivity contribution in [1.82, 2.24) is 15.0 Å². The first kappa shape index (κ1) is 18.5. The minimum absolute atomic E-state index is 0.257. The molecule has 3 aromatic rings. The largest absolute Gasteiger partial charge is 0.497 e. The predicted octanol–water partition coefficient (Wildman–Crippen LogP) is 3.95. The number of aromatic nitrogens is 3. The zero-order chi connectivity index (χ0) is 20.2. The molecule has 1 aliphatic carbocycles. The standard InChI is InChI=1S/C22H20N4O3/c1-28-16-8-4-9-17(19(13-16)29-2)22(27)24-15-7-3-6-14(12-15)20-25-18-10-5-11-23-21(18)26-20/h3,5-13H,4H2,1-2H3,(H,24,27)(H,23,25,26). The van der Waals surface area contributed by atoms with Crippen molar-refractivity contribution >= 4 is 22.8 Å². The Morgan fingerprint density at radius 1 is 1.14 bits per heavy atom. The number of pyridine rings is 1. The van der Waals surface area contributed by atoms with Crippen LogP contribution in [0.25, 0.3) is 22.6 Å². The van der Waals surface area contributed by atoms with E-state index in [9.17, 15) is 4.79 Å². The molecule has 1 aromatic carbocycles. The van der Waals surface area contributed by atoms with Gasteiger partial charge in [-0.2, -0.15) is 0 Å². The molecular formula is C22H20N4O3. The lowest BCUT2D eigenvalue weighted by Crippen LogP contribution is -2.16. The van der Waals surface area contributed by atoms with Crippen molar-refractivity contribution in [3.63, 3.8) is 0 Å². The third-order valence-electron chi connectivity index (χ3n) is 4.53. The van der Waals surface area contributed by atoms with E-state index in [1.165, 1.54) is 7.11 Å². The molecule has 0 radical (unpaired) electrons. The summed E-state index contributed by atoms with van der Waals surface area (Å²) in [6.45, 7) is 0. The minimum Gasteiger partial charge on any atom is -0.497 e. The number of hydrogen-bond donors (Lipinski definition) is 2. The Hall–Kier alpha value is -3.87. The van der Waals surface area contributed by atoms with E-state index in [1.807, 2.05) is 48.6 Å². The molecule has 0 saturated heterocycles. The quantitative estimate of drug-likeness (QED) is 0.691. The average Bonchev–Trinajstić information content (AvgIpc) is 3.07. The Morgan fingerprint density at radius 3 is 2.83 bits per heavy atom. The Balaban J connectivity index is 1.58. The molecule has 0 fully saturated rings. The number of aromatic amines is 1. The third-order valence-corrected chi connectivity index (χ3v) is 4.53. The van der Waals surface area contributed by atoms with E-state index in [0.717, 1.165) is 11.1 Å². The first-order chi connectivity index (χ1) is 14.2. The van der Waals surface area contributed by atoms with Crippen LogP contribution in [0.2, 0.25) is 0 Å². The SMILES string of the molecule is COC1=CCC=C(C(=O)Nc2cccc(-c3nc4ncccc4[nH]3)c2)C(OC)=C1. The molecule has 1 aliphatic rings. The highest BCUT2D eigenvalue weighted by molar-refractivity contribution is 6.06. The lowest BCUT2D eigenvalue weighted by Gasteiger charge is -2.12. The van der Waals surface area contributed by atoms with Crippen molar-refractivity contribution in [2.45, 2.75) is 6.42 Å². The van der Waals surface area contributed by atoms with Crippen LogP contribution < -0.4 is 5.32 Å². The van der Waals surface area contributed by atoms with Crippen molar-refractivity contribution in [3.05, 3.63) is 77.9 Å². The van der Waals surface area contributed by atoms with E-state index in [0.29, 0.717) is 40.7 Å². The van der Waals surface area contributed by atoms with Gasteiger partial charge in [-0.05, 0) is 36.8 Å². The van der Waals surface area contributed by atoms with Crippen molar-refractivity contribution < 1.29 is 14.3 Å². The highest BCUT2D eigenvalue weighted by Gasteiger charge is 2.18. The molecule has 0 aliphatic heterocycles. The molecule has 7 nitrogen and oxygen atoms in total. The van der Waals surface area contributed by atoms with Crippen molar-refractivity contribution in [3.8, 4) is 11.4 Å². The zero-order valence-corrected chi connectivity index (χ0v) is 16.1. The second-order valence-electron chi connectivity index (χ2n) is 6.37. The lowest BCUT2D eigenvalue weighted by atomic mass is 10.1. The number of anilines is 1. The van der Waals surface area contributed by atoms with Crippen molar-refractivity contribution in [2.75, 3.05) is 19.5 Å². The molecule has 0 spiro atoms. The van der Waals surface area contributed by atoms with Crippen LogP contribution in [-0.2, 0) is 14.3 Å². The van der Waals surface area contributed by atoms with Gasteiger partial charge in [0.05, 0.1) is 25.3 Å². The summed E-state index contributed by atoms with van der Waals surface area (Å²) in [6.07, 6.45) is 7.67. The van der Waals surface area contributed by atoms with E-state index < -0.39 is 0 Å². The maximum Gasteiger partial charge on any atom is 0.259 e. The van der Waals surface area contributed by atoms with Crippen LogP contribution >= 0.6 is 0 Å². The molecule has 2 heterocycles. The number of nitrogens with zero attached hydrogens (tertiary/aromatic N) is 2. The smallest absolute Gasteiger partial charge is 0.259 e. The number of amides is 1. The zero-order valence-electron chi connectivity index (χ0n) is 16.1. The summed E-state index contributed by atoms with van der Waals surface area (Å²) < 4.78 is 10.7. The van der Waals surface area contributed by atoms with Gasteiger partial charge in [0.1, 0.15) is 17.3 Å². The van der Waals surface area contributed by atoms with E-state index in [-0.39, 0.29) is 5.91 Å². The summed E-state index contributed by atoms with van der Waals surface area (Å²) in [7, 11) is 3.11. The van der Waals surface area contributed by atoms with Crippen molar-refractivity contribution in [1.29, 1.82) is 0 Å². The molecule has 0 saturated carbocycles. The highest BCUT2D eigenvalue weighted by Crippen LogP contribution is 2.24. The number of H-pyrrole nitrogens is 1. The van der Waals surface area contributed by atoms with Crippen LogP contribution in [0.5, 0.6) is 0 Å². The number of imidazole rings is 1. The van der Waals surface area contributed by atoms with Crippen molar-refractivity contribution in [2.24, 2.45) is 0 Å². The predicted molar refractivity (Wildman–Crippen MR) is 111 cm³/mol. The number of hydrogen-bond acceptors (Lipinski definition) is 5. The summed E-state index contributed by atoms with van der Waals surface area (Å²) in [5.41, 5.74) is 3.46. The molecule has 29 heavy (non-hydrogen) atoms. The van der Waals surface area contributed by atoms with Gasteiger partial charge in [-0.3, -0.25) is 4.79 Å². The summed E-state index contributed by atoms with van der Waals surface area (Å²) in [6, 6.07) is 11.3. The number of rotatable bonds is 5. The summed E-state index contributed by atoms with van der Waals surface area (Å²) in [4.78, 5) is 24.9. The minimum atomic E-state index is -0.257. The molecular weight excluding hydrogens is 368 g/mol. The molecule has 4 rings (SSSR count). The molecule has 0 unspecified atom stereocenters. The van der Waals surface area contributed by atoms with E-state index in [4.69, 9.17) is 9.47 Å². The fourth-order valence-electron chi connectivity index (χ4n) is 3.10. The fourth-order valence-corrected chi connectivity index (χ4v) is 3.10. The fraction of sp³-hybridized carbons (Fsp3) is 0.136. The van der Waals surface area contributed by atoms with Gasteiger partial charge in [0.15, 0.2) is 5.65 Å². The van der Waals surface area contributed by atoms with Gasteiger partial charge in [-0.1, -0.05) is 18.2 Å². The normalized spacial score (nSPS) is 13.8. The van der Waals surface area contributed by atoms with Gasteiger partial charge in [0.2, 0.25) is 0 Å². The molecule has 2 aromatic heterocycles. The molecule has 2 N–H and O–H groups in total. The number of fused-ring (bicyclic) bond motifs is 1. The molecule has 146 valence electrons. The first-order valence-corrected chi connectivity index (χ1v) is 9.11. The van der Waals surface area contributed by atoms with Gasteiger partial charge in [0.25, 0.3) is 5.91 Å². The lowest BCUT2D eigenvalue weighted by molar-refractivity contribution is -0.112. The highest BCUT2D eigenvalue weighted by atomic mass is 16.5. The number of nitrogens with one attached hydrogen (secondary N) is 2. The molecule has 7 heteroatoms. The van der Waals surface area contributed by atoms with Gasteiger partial charge in [0, 0.05) is 23.5 Å². The monoisotopic (exact) mass is 388 g/mol. The average molecular weight is 388 g/mol. The Morgan fingerprint density at radius 2 is 2.03 bits per heavy atom. The third kappa shape index (κ3) is 3.89. The number of carbonyl (C=O) groups excluding carboxylic acids is 1. The maximum atomic E-state index is 12.9. The van der Waals surface area contributed by atoms with Crippen LogP contribution in [-0.4, -0.2) is 35.1 Å². The topological polar surface area (TPSA) is 89.1 Å². The van der Waals surface area contributed by atoms with E-state index in [2.05, 4.69) is 20.3 Å². The summed E-state index contributed by atoms with van der Waals surface area (Å²) >= 11 is 0. The number of methoxy groups -OCH3 is 2. The number of benzene rings is 1. The number of ether oxygens (including phenoxy) is 2. The van der Waals surface area contributed by atoms with Gasteiger partial charge in [-0.25, -0.2) is 9.97 Å². The Bertz CT molecular complexity index is 1120. The van der Waals surface area contributed by atoms with E-state index in [1.54, 1.807) is 19.4 Å². The molecule has 0 bridgehead atoms. The second kappa shape index (κ2) is 8.02. The van der Waals surface area contributed by atoms with Crippen LogP contribution in [0, 0.1) is 0 Å². The van der Waals surface area contributed by atoms with Gasteiger partial charge >= 0.3 is 0 Å². The number of allylic oxidation sites excluding steroid dienone is 3. The van der Waals surface area contributed by atoms with Gasteiger partial charge in [-0.15, -0.1) is 0 Å². The van der Waals surface area contributed by atoms with Crippen LogP contribution in [0.15, 0.2) is 77.9 Å². The van der Waals surface area contributed by atoms with Crippen LogP contribution in [0.1, 0.15) is 6.42 Å². The Labute approximate surface area is 167 Å². The van der Waals surface area contributed by atoms with Crippen LogP contribution in [0.4, 0.5) is 5.69 Å². The number of carbonyl (C=O) groups is 1. The maximum absolute atomic E-state index is 12.9. The summed E-state index contributed by atoms with van der Waals surface area (Å²) in [5, 5.41) is 2.93. The Kier molecular flexibility index (Phi) is 5.11. The summed E-state index contributed by atoms with van der Waals surface area (Å²) in [5.74, 6) is 1.54. The van der Waals surface area contributed by atoms with E-state index >= 15 is 0 Å².